The molecule has 0 aliphatic heterocycles. The van der Waals surface area contributed by atoms with Gasteiger partial charge in [0.25, 0.3) is 5.69 Å². The maximum Gasteiger partial charge on any atom is 0.287 e. The van der Waals surface area contributed by atoms with Crippen LogP contribution in [0.3, 0.4) is 0 Å². The summed E-state index contributed by atoms with van der Waals surface area (Å²) in [6.45, 7) is -0.0265. The highest BCUT2D eigenvalue weighted by molar-refractivity contribution is 5.93. The number of benzene rings is 1. The lowest BCUT2D eigenvalue weighted by Gasteiger charge is -2.17. The first-order valence-corrected chi connectivity index (χ1v) is 6.32. The van der Waals surface area contributed by atoms with Crippen molar-refractivity contribution in [3.8, 4) is 0 Å². The Kier molecular flexibility index (Phi) is 4.62. The largest absolute Gasteiger partial charge is 0.350 e. The van der Waals surface area contributed by atoms with E-state index in [1.807, 2.05) is 0 Å². The number of aromatic nitrogens is 1. The number of nitrogens with zero attached hydrogens (tertiary/aromatic N) is 3. The number of hydrogen-bond acceptors (Lipinski definition) is 5. The van der Waals surface area contributed by atoms with Crippen LogP contribution >= 0.6 is 0 Å². The van der Waals surface area contributed by atoms with Crippen molar-refractivity contribution in [1.82, 2.24) is 4.98 Å². The van der Waals surface area contributed by atoms with Crippen LogP contribution in [0.15, 0.2) is 42.6 Å². The number of pyridine rings is 1. The maximum atomic E-state index is 13.0. The summed E-state index contributed by atoms with van der Waals surface area (Å²) >= 11 is 0. The number of carbonyl (C=O) groups excluding carboxylic acids is 1. The number of likely N-dealkylation sites (N-methyl/N-ethyl adjacent to an activating group) is 1. The average Bonchev–Trinajstić information content (AvgIpc) is 2.47. The van der Waals surface area contributed by atoms with E-state index in [4.69, 9.17) is 0 Å². The Morgan fingerprint density at radius 3 is 2.77 bits per heavy atom. The van der Waals surface area contributed by atoms with Gasteiger partial charge in [0, 0.05) is 18.8 Å². The minimum Gasteiger partial charge on any atom is -0.350 e. The molecule has 7 nitrogen and oxygen atoms in total. The van der Waals surface area contributed by atoms with E-state index in [2.05, 4.69) is 10.3 Å². The molecule has 0 radical (unpaired) electrons. The molecule has 1 aromatic heterocycles. The van der Waals surface area contributed by atoms with Gasteiger partial charge >= 0.3 is 0 Å². The van der Waals surface area contributed by atoms with Gasteiger partial charge in [0.05, 0.1) is 11.5 Å². The zero-order valence-electron chi connectivity index (χ0n) is 11.7. The van der Waals surface area contributed by atoms with Crippen molar-refractivity contribution in [3.05, 3.63) is 58.5 Å². The fourth-order valence-corrected chi connectivity index (χ4v) is 1.78. The van der Waals surface area contributed by atoms with E-state index in [0.29, 0.717) is 11.5 Å². The second kappa shape index (κ2) is 6.61. The molecular formula is C14H13FN4O3. The Bertz CT molecular complexity index is 691. The van der Waals surface area contributed by atoms with Gasteiger partial charge in [-0.2, -0.15) is 0 Å². The van der Waals surface area contributed by atoms with Gasteiger partial charge in [0.1, 0.15) is 17.8 Å². The van der Waals surface area contributed by atoms with E-state index in [1.54, 1.807) is 13.1 Å². The second-order valence-corrected chi connectivity index (χ2v) is 4.55. The zero-order valence-corrected chi connectivity index (χ0v) is 11.7. The van der Waals surface area contributed by atoms with Gasteiger partial charge in [0.2, 0.25) is 5.91 Å². The maximum absolute atomic E-state index is 13.0. The first kappa shape index (κ1) is 15.4. The minimum absolute atomic E-state index is 0.0265. The molecule has 0 aliphatic rings. The van der Waals surface area contributed by atoms with Gasteiger partial charge in [-0.3, -0.25) is 14.9 Å². The summed E-state index contributed by atoms with van der Waals surface area (Å²) in [7, 11) is 1.62. The minimum atomic E-state index is -0.548. The van der Waals surface area contributed by atoms with Crippen LogP contribution in [0.1, 0.15) is 0 Å². The summed E-state index contributed by atoms with van der Waals surface area (Å²) < 4.78 is 13.0. The number of carbonyl (C=O) groups is 1. The van der Waals surface area contributed by atoms with Crippen molar-refractivity contribution < 1.29 is 14.1 Å². The van der Waals surface area contributed by atoms with Gasteiger partial charge in [-0.25, -0.2) is 9.37 Å². The molecule has 1 aromatic carbocycles. The molecule has 2 aromatic rings. The first-order chi connectivity index (χ1) is 10.5. The molecule has 114 valence electrons. The lowest BCUT2D eigenvalue weighted by atomic mass is 10.3. The molecule has 0 bridgehead atoms. The van der Waals surface area contributed by atoms with Crippen LogP contribution in [0.2, 0.25) is 0 Å². The van der Waals surface area contributed by atoms with Crippen LogP contribution < -0.4 is 10.2 Å². The fraction of sp³-hybridized carbons (Fsp3) is 0.143. The summed E-state index contributed by atoms with van der Waals surface area (Å²) in [5.41, 5.74) is 0.233. The normalized spacial score (nSPS) is 10.1. The zero-order chi connectivity index (χ0) is 16.1. The number of amides is 1. The molecule has 0 saturated carbocycles. The highest BCUT2D eigenvalue weighted by Crippen LogP contribution is 2.15. The average molecular weight is 304 g/mol. The molecule has 0 fully saturated rings. The van der Waals surface area contributed by atoms with Gasteiger partial charge in [0.15, 0.2) is 0 Å². The monoisotopic (exact) mass is 304 g/mol. The van der Waals surface area contributed by atoms with Crippen LogP contribution in [-0.4, -0.2) is 29.4 Å². The standard InChI is InChI=1S/C14H13FN4O3/c1-18(13-6-5-12(8-16-13)19(21)22)9-14(20)17-11-4-2-3-10(15)7-11/h2-8H,9H2,1H3,(H,17,20). The lowest BCUT2D eigenvalue weighted by molar-refractivity contribution is -0.385. The van der Waals surface area contributed by atoms with Crippen molar-refractivity contribution in [2.24, 2.45) is 0 Å². The van der Waals surface area contributed by atoms with E-state index in [1.165, 1.54) is 35.2 Å². The third-order valence-corrected chi connectivity index (χ3v) is 2.82. The van der Waals surface area contributed by atoms with Crippen molar-refractivity contribution >= 4 is 23.1 Å². The Labute approximate surface area is 125 Å². The van der Waals surface area contributed by atoms with E-state index in [9.17, 15) is 19.3 Å². The van der Waals surface area contributed by atoms with E-state index in [0.717, 1.165) is 6.20 Å². The SMILES string of the molecule is CN(CC(=O)Nc1cccc(F)c1)c1ccc([N+](=O)[O-])cn1. The Morgan fingerprint density at radius 2 is 2.18 bits per heavy atom. The number of nitrogens with one attached hydrogen (secondary N) is 1. The highest BCUT2D eigenvalue weighted by Gasteiger charge is 2.11. The van der Waals surface area contributed by atoms with E-state index < -0.39 is 10.7 Å². The van der Waals surface area contributed by atoms with Gasteiger partial charge < -0.3 is 10.2 Å². The van der Waals surface area contributed by atoms with Crippen molar-refractivity contribution in [2.45, 2.75) is 0 Å². The van der Waals surface area contributed by atoms with Gasteiger partial charge in [-0.15, -0.1) is 0 Å². The molecule has 0 spiro atoms. The van der Waals surface area contributed by atoms with Crippen LogP contribution in [0.5, 0.6) is 0 Å². The smallest absolute Gasteiger partial charge is 0.287 e. The summed E-state index contributed by atoms with van der Waals surface area (Å²) in [6.07, 6.45) is 1.12. The number of halogens is 1. The van der Waals surface area contributed by atoms with Crippen LogP contribution in [0.25, 0.3) is 0 Å². The summed E-state index contributed by atoms with van der Waals surface area (Å²) in [5, 5.41) is 13.1. The number of hydrogen-bond donors (Lipinski definition) is 1. The predicted octanol–water partition coefficient (Wildman–Crippen LogP) is 2.20. The van der Waals surface area contributed by atoms with Gasteiger partial charge in [-0.05, 0) is 24.3 Å². The van der Waals surface area contributed by atoms with Crippen molar-refractivity contribution in [2.75, 3.05) is 23.8 Å². The van der Waals surface area contributed by atoms with E-state index >= 15 is 0 Å². The first-order valence-electron chi connectivity index (χ1n) is 6.32. The molecule has 0 saturated heterocycles. The fourth-order valence-electron chi connectivity index (χ4n) is 1.78. The van der Waals surface area contributed by atoms with Crippen molar-refractivity contribution in [3.63, 3.8) is 0 Å². The van der Waals surface area contributed by atoms with Crippen LogP contribution in [0.4, 0.5) is 21.6 Å². The third-order valence-electron chi connectivity index (χ3n) is 2.82. The summed E-state index contributed by atoms with van der Waals surface area (Å²) in [6, 6.07) is 8.32. The second-order valence-electron chi connectivity index (χ2n) is 4.55. The van der Waals surface area contributed by atoms with Crippen LogP contribution in [0, 0.1) is 15.9 Å². The number of anilines is 2. The van der Waals surface area contributed by atoms with Crippen LogP contribution in [-0.2, 0) is 4.79 Å². The molecule has 0 atom stereocenters. The molecule has 1 heterocycles. The predicted molar refractivity (Wildman–Crippen MR) is 79.2 cm³/mol. The lowest BCUT2D eigenvalue weighted by Crippen LogP contribution is -2.30. The van der Waals surface area contributed by atoms with Gasteiger partial charge in [-0.1, -0.05) is 6.07 Å². The summed E-state index contributed by atoms with van der Waals surface area (Å²) in [4.78, 5) is 27.3. The molecule has 1 N–H and O–H groups in total. The molecule has 0 unspecified atom stereocenters. The van der Waals surface area contributed by atoms with E-state index in [-0.39, 0.29) is 18.1 Å². The topological polar surface area (TPSA) is 88.4 Å². The number of nitro groups is 1. The quantitative estimate of drug-likeness (QED) is 0.675. The molecular weight excluding hydrogens is 291 g/mol. The highest BCUT2D eigenvalue weighted by atomic mass is 19.1. The molecule has 8 heteroatoms. The summed E-state index contributed by atoms with van der Waals surface area (Å²) in [5.74, 6) is -0.378. The molecule has 22 heavy (non-hydrogen) atoms. The Hall–Kier alpha value is -3.03. The Balaban J connectivity index is 1.97. The Morgan fingerprint density at radius 1 is 1.41 bits per heavy atom. The number of rotatable bonds is 5. The van der Waals surface area contributed by atoms with Crippen molar-refractivity contribution in [1.29, 1.82) is 0 Å². The molecule has 1 amide bonds. The molecule has 0 aliphatic carbocycles. The third kappa shape index (κ3) is 3.98. The molecule has 2 rings (SSSR count).